The van der Waals surface area contributed by atoms with Gasteiger partial charge in [-0.05, 0) is 26.2 Å². The van der Waals surface area contributed by atoms with Crippen LogP contribution in [0.3, 0.4) is 0 Å². The molecule has 16 heavy (non-hydrogen) atoms. The van der Waals surface area contributed by atoms with E-state index in [1.165, 1.54) is 19.3 Å². The minimum Gasteiger partial charge on any atom is -0.332 e. The summed E-state index contributed by atoms with van der Waals surface area (Å²) in [5.74, 6) is 1.04. The molecule has 2 saturated heterocycles. The highest BCUT2D eigenvalue weighted by atomic mass is 32.2. The van der Waals surface area contributed by atoms with E-state index < -0.39 is 0 Å². The second kappa shape index (κ2) is 4.70. The van der Waals surface area contributed by atoms with E-state index >= 15 is 0 Å². The minimum atomic E-state index is -0.0318. The number of rotatable bonds is 5. The first-order valence-corrected chi connectivity index (χ1v) is 7.03. The van der Waals surface area contributed by atoms with Crippen molar-refractivity contribution >= 4 is 17.8 Å². The Morgan fingerprint density at radius 2 is 2.44 bits per heavy atom. The summed E-state index contributed by atoms with van der Waals surface area (Å²) < 4.78 is 0. The van der Waals surface area contributed by atoms with Gasteiger partial charge in [0.2, 0.25) is 0 Å². The van der Waals surface area contributed by atoms with Crippen LogP contribution in [0.4, 0.5) is 4.79 Å². The third kappa shape index (κ3) is 2.08. The monoisotopic (exact) mass is 240 g/mol. The Kier molecular flexibility index (Phi) is 3.47. The Bertz CT molecular complexity index is 295. The summed E-state index contributed by atoms with van der Waals surface area (Å²) in [7, 11) is 0. The van der Waals surface area contributed by atoms with Crippen molar-refractivity contribution in [1.82, 2.24) is 10.6 Å². The van der Waals surface area contributed by atoms with E-state index in [1.807, 2.05) is 17.8 Å². The van der Waals surface area contributed by atoms with Crippen LogP contribution in [-0.2, 0) is 0 Å². The van der Waals surface area contributed by atoms with Crippen LogP contribution < -0.4 is 10.6 Å². The van der Waals surface area contributed by atoms with Crippen LogP contribution in [-0.4, -0.2) is 28.6 Å². The van der Waals surface area contributed by atoms with Gasteiger partial charge in [0.05, 0.1) is 11.6 Å². The summed E-state index contributed by atoms with van der Waals surface area (Å²) in [5.41, 5.74) is -0.0318. The van der Waals surface area contributed by atoms with Crippen LogP contribution in [0.15, 0.2) is 12.7 Å². The average molecular weight is 240 g/mol. The third-order valence-corrected chi connectivity index (χ3v) is 5.32. The van der Waals surface area contributed by atoms with Gasteiger partial charge in [0.25, 0.3) is 0 Å². The van der Waals surface area contributed by atoms with Crippen LogP contribution in [0.2, 0.25) is 0 Å². The zero-order valence-corrected chi connectivity index (χ0v) is 10.6. The molecule has 0 saturated carbocycles. The van der Waals surface area contributed by atoms with Crippen molar-refractivity contribution in [1.29, 1.82) is 0 Å². The lowest BCUT2D eigenvalue weighted by Gasteiger charge is -2.29. The van der Waals surface area contributed by atoms with Crippen molar-refractivity contribution in [2.45, 2.75) is 49.4 Å². The SMILES string of the molecule is C=CCCCC[C@@H]1SC[C@@H]2NC(=O)N[C@@]21C. The van der Waals surface area contributed by atoms with Gasteiger partial charge in [0.15, 0.2) is 0 Å². The van der Waals surface area contributed by atoms with Crippen LogP contribution in [0.5, 0.6) is 0 Å². The summed E-state index contributed by atoms with van der Waals surface area (Å²) in [5, 5.41) is 6.65. The summed E-state index contributed by atoms with van der Waals surface area (Å²) in [6, 6.07) is 0.318. The molecule has 2 N–H and O–H groups in total. The van der Waals surface area contributed by atoms with E-state index in [4.69, 9.17) is 0 Å². The standard InChI is InChI=1S/C12H20N2OS/c1-3-4-5-6-7-10-12(2)9(8-16-10)13-11(15)14-12/h3,9-10H,1,4-8H2,2H3,(H2,13,14,15)/t9-,10-,12-/m0/s1. The van der Waals surface area contributed by atoms with Gasteiger partial charge in [0.1, 0.15) is 0 Å². The quantitative estimate of drug-likeness (QED) is 0.440. The first-order valence-electron chi connectivity index (χ1n) is 5.98. The molecular weight excluding hydrogens is 220 g/mol. The lowest BCUT2D eigenvalue weighted by molar-refractivity contribution is 0.244. The Morgan fingerprint density at radius 1 is 1.62 bits per heavy atom. The molecule has 4 heteroatoms. The number of nitrogens with one attached hydrogen (secondary N) is 2. The zero-order chi connectivity index (χ0) is 11.6. The number of amides is 2. The lowest BCUT2D eigenvalue weighted by Crippen LogP contribution is -2.50. The number of urea groups is 1. The molecular formula is C12H20N2OS. The highest BCUT2D eigenvalue weighted by Crippen LogP contribution is 2.40. The predicted octanol–water partition coefficient (Wildman–Crippen LogP) is 2.29. The van der Waals surface area contributed by atoms with Gasteiger partial charge in [0, 0.05) is 11.0 Å². The maximum Gasteiger partial charge on any atom is 0.315 e. The summed E-state index contributed by atoms with van der Waals surface area (Å²) in [6.07, 6.45) is 6.70. The zero-order valence-electron chi connectivity index (χ0n) is 9.79. The number of fused-ring (bicyclic) bond motifs is 1. The van der Waals surface area contributed by atoms with Gasteiger partial charge in [-0.25, -0.2) is 4.79 Å². The van der Waals surface area contributed by atoms with Crippen molar-refractivity contribution in [2.75, 3.05) is 5.75 Å². The van der Waals surface area contributed by atoms with Crippen molar-refractivity contribution in [3.05, 3.63) is 12.7 Å². The van der Waals surface area contributed by atoms with Gasteiger partial charge in [-0.15, -0.1) is 6.58 Å². The van der Waals surface area contributed by atoms with Crippen LogP contribution in [0, 0.1) is 0 Å². The van der Waals surface area contributed by atoms with E-state index in [0.29, 0.717) is 11.3 Å². The Labute approximate surface area is 101 Å². The van der Waals surface area contributed by atoms with Gasteiger partial charge < -0.3 is 10.6 Å². The molecule has 0 bridgehead atoms. The van der Waals surface area contributed by atoms with Crippen molar-refractivity contribution < 1.29 is 4.79 Å². The smallest absolute Gasteiger partial charge is 0.315 e. The fourth-order valence-corrected chi connectivity index (χ4v) is 4.34. The molecule has 2 heterocycles. The largest absolute Gasteiger partial charge is 0.332 e. The molecule has 0 aliphatic carbocycles. The molecule has 3 nitrogen and oxygen atoms in total. The normalized spacial score (nSPS) is 36.7. The number of carbonyl (C=O) groups is 1. The molecule has 2 amide bonds. The molecule has 2 rings (SSSR count). The molecule has 2 aliphatic rings. The average Bonchev–Trinajstić information content (AvgIpc) is 2.67. The number of carbonyl (C=O) groups excluding carboxylic acids is 1. The Balaban J connectivity index is 1.86. The predicted molar refractivity (Wildman–Crippen MR) is 68.8 cm³/mol. The van der Waals surface area contributed by atoms with Gasteiger partial charge in [-0.3, -0.25) is 0 Å². The van der Waals surface area contributed by atoms with Crippen molar-refractivity contribution in [3.8, 4) is 0 Å². The minimum absolute atomic E-state index is 0.00360. The maximum absolute atomic E-state index is 11.3. The highest BCUT2D eigenvalue weighted by molar-refractivity contribution is 8.00. The summed E-state index contributed by atoms with van der Waals surface area (Å²) in [6.45, 7) is 5.91. The molecule has 3 atom stereocenters. The van der Waals surface area contributed by atoms with E-state index in [2.05, 4.69) is 24.1 Å². The van der Waals surface area contributed by atoms with E-state index in [-0.39, 0.29) is 11.6 Å². The molecule has 0 radical (unpaired) electrons. The number of unbranched alkanes of at least 4 members (excludes halogenated alkanes) is 2. The summed E-state index contributed by atoms with van der Waals surface area (Å²) >= 11 is 1.99. The first kappa shape index (κ1) is 11.8. The molecule has 2 fully saturated rings. The first-order chi connectivity index (χ1) is 7.66. The molecule has 0 aromatic carbocycles. The third-order valence-electron chi connectivity index (χ3n) is 3.67. The van der Waals surface area contributed by atoms with E-state index in [0.717, 1.165) is 12.2 Å². The molecule has 90 valence electrons. The molecule has 0 aromatic heterocycles. The van der Waals surface area contributed by atoms with Crippen LogP contribution in [0.1, 0.15) is 32.6 Å². The fourth-order valence-electron chi connectivity index (χ4n) is 2.58. The number of hydrogen-bond acceptors (Lipinski definition) is 2. The maximum atomic E-state index is 11.3. The van der Waals surface area contributed by atoms with Gasteiger partial charge in [-0.2, -0.15) is 11.8 Å². The molecule has 0 unspecified atom stereocenters. The van der Waals surface area contributed by atoms with Crippen molar-refractivity contribution in [3.63, 3.8) is 0 Å². The fraction of sp³-hybridized carbons (Fsp3) is 0.750. The molecule has 0 aromatic rings. The molecule has 0 spiro atoms. The van der Waals surface area contributed by atoms with Gasteiger partial charge >= 0.3 is 6.03 Å². The second-order valence-corrected chi connectivity index (χ2v) is 6.06. The summed E-state index contributed by atoms with van der Waals surface area (Å²) in [4.78, 5) is 11.3. The van der Waals surface area contributed by atoms with Crippen LogP contribution >= 0.6 is 11.8 Å². The Morgan fingerprint density at radius 3 is 3.19 bits per heavy atom. The topological polar surface area (TPSA) is 41.1 Å². The van der Waals surface area contributed by atoms with E-state index in [9.17, 15) is 4.79 Å². The number of hydrogen-bond donors (Lipinski definition) is 2. The van der Waals surface area contributed by atoms with E-state index in [1.54, 1.807) is 0 Å². The molecule has 2 aliphatic heterocycles. The van der Waals surface area contributed by atoms with Crippen LogP contribution in [0.25, 0.3) is 0 Å². The Hall–Kier alpha value is -0.640. The number of allylic oxidation sites excluding steroid dienone is 1. The highest BCUT2D eigenvalue weighted by Gasteiger charge is 2.52. The second-order valence-electron chi connectivity index (χ2n) is 4.83. The lowest BCUT2D eigenvalue weighted by atomic mass is 9.89. The number of thioether (sulfide) groups is 1. The van der Waals surface area contributed by atoms with Crippen molar-refractivity contribution in [2.24, 2.45) is 0 Å². The van der Waals surface area contributed by atoms with Gasteiger partial charge in [-0.1, -0.05) is 12.5 Å².